The number of fused-ring (bicyclic) bond motifs is 5. The highest BCUT2D eigenvalue weighted by molar-refractivity contribution is 7.19. The molecule has 0 amide bonds. The van der Waals surface area contributed by atoms with Crippen LogP contribution in [0.15, 0.2) is 30.3 Å². The number of quaternary nitrogens is 1. The molecule has 8 heteroatoms. The van der Waals surface area contributed by atoms with Crippen molar-refractivity contribution in [1.82, 2.24) is 25.0 Å². The third kappa shape index (κ3) is 2.45. The third-order valence-corrected chi connectivity index (χ3v) is 5.94. The standard InChI is InChI=1S/C17H17N7S/c1-23-8-7-12-13(10-23)25-16-14(12)15(19-17-20-21-22-24(16)17)18-9-11-5-3-2-4-6-11/h2-6H,7-10H2,1H3,(H,18,19,20,22)/p+1. The van der Waals surface area contributed by atoms with Crippen LogP contribution >= 0.6 is 11.3 Å². The second kappa shape index (κ2) is 5.75. The van der Waals surface area contributed by atoms with Gasteiger partial charge < -0.3 is 10.2 Å². The third-order valence-electron chi connectivity index (χ3n) is 4.73. The summed E-state index contributed by atoms with van der Waals surface area (Å²) in [7, 11) is 2.24. The van der Waals surface area contributed by atoms with Crippen molar-refractivity contribution >= 4 is 33.1 Å². The SMILES string of the molecule is C[NH+]1CCc2c(sc3c2c(NCc2ccccc2)nc2nnnn23)C1. The molecule has 4 heterocycles. The molecular formula is C17H18N7S+. The zero-order valence-corrected chi connectivity index (χ0v) is 14.7. The van der Waals surface area contributed by atoms with Gasteiger partial charge in [0.05, 0.1) is 23.9 Å². The number of aromatic nitrogens is 5. The van der Waals surface area contributed by atoms with Gasteiger partial charge in [-0.1, -0.05) is 35.4 Å². The number of rotatable bonds is 3. The van der Waals surface area contributed by atoms with Gasteiger partial charge in [0, 0.05) is 13.0 Å². The Morgan fingerprint density at radius 2 is 2.16 bits per heavy atom. The zero-order valence-electron chi connectivity index (χ0n) is 13.9. The van der Waals surface area contributed by atoms with Crippen LogP contribution < -0.4 is 10.2 Å². The predicted molar refractivity (Wildman–Crippen MR) is 96.9 cm³/mol. The second-order valence-corrected chi connectivity index (χ2v) is 7.59. The molecular weight excluding hydrogens is 334 g/mol. The highest BCUT2D eigenvalue weighted by Crippen LogP contribution is 2.36. The topological polar surface area (TPSA) is 72.4 Å². The highest BCUT2D eigenvalue weighted by atomic mass is 32.1. The number of nitrogens with zero attached hydrogens (tertiary/aromatic N) is 5. The van der Waals surface area contributed by atoms with Crippen molar-refractivity contribution in [2.75, 3.05) is 18.9 Å². The lowest BCUT2D eigenvalue weighted by molar-refractivity contribution is -0.895. The van der Waals surface area contributed by atoms with Crippen LogP contribution in [0.25, 0.3) is 16.0 Å². The van der Waals surface area contributed by atoms with Crippen LogP contribution in [0.5, 0.6) is 0 Å². The van der Waals surface area contributed by atoms with Crippen LogP contribution in [-0.2, 0) is 19.5 Å². The van der Waals surface area contributed by atoms with E-state index in [-0.39, 0.29) is 0 Å². The molecule has 0 spiro atoms. The molecule has 1 aromatic carbocycles. The van der Waals surface area contributed by atoms with Gasteiger partial charge in [-0.15, -0.1) is 11.3 Å². The van der Waals surface area contributed by atoms with E-state index >= 15 is 0 Å². The van der Waals surface area contributed by atoms with Gasteiger partial charge >= 0.3 is 0 Å². The Morgan fingerprint density at radius 3 is 3.04 bits per heavy atom. The van der Waals surface area contributed by atoms with Crippen molar-refractivity contribution < 1.29 is 4.90 Å². The molecule has 7 nitrogen and oxygen atoms in total. The van der Waals surface area contributed by atoms with Gasteiger partial charge in [-0.2, -0.15) is 9.50 Å². The fourth-order valence-electron chi connectivity index (χ4n) is 3.45. The molecule has 0 bridgehead atoms. The van der Waals surface area contributed by atoms with Gasteiger partial charge in [0.1, 0.15) is 17.2 Å². The summed E-state index contributed by atoms with van der Waals surface area (Å²) in [5, 5.41) is 16.7. The smallest absolute Gasteiger partial charge is 0.276 e. The van der Waals surface area contributed by atoms with E-state index in [1.54, 1.807) is 20.8 Å². The van der Waals surface area contributed by atoms with E-state index in [9.17, 15) is 0 Å². The molecule has 0 saturated carbocycles. The Hall–Kier alpha value is -2.58. The van der Waals surface area contributed by atoms with E-state index in [1.165, 1.54) is 21.4 Å². The maximum atomic E-state index is 4.69. The molecule has 1 unspecified atom stereocenters. The van der Waals surface area contributed by atoms with E-state index in [4.69, 9.17) is 4.98 Å². The van der Waals surface area contributed by atoms with Crippen molar-refractivity contribution in [3.05, 3.63) is 46.3 Å². The predicted octanol–water partition coefficient (Wildman–Crippen LogP) is 0.917. The Morgan fingerprint density at radius 1 is 1.28 bits per heavy atom. The van der Waals surface area contributed by atoms with E-state index in [0.29, 0.717) is 5.78 Å². The molecule has 0 aliphatic carbocycles. The number of thiophene rings is 1. The molecule has 1 aliphatic rings. The average Bonchev–Trinajstić information content (AvgIpc) is 3.24. The lowest BCUT2D eigenvalue weighted by Crippen LogP contribution is -3.08. The first kappa shape index (κ1) is 14.7. The molecule has 0 radical (unpaired) electrons. The Labute approximate surface area is 148 Å². The van der Waals surface area contributed by atoms with Crippen LogP contribution in [-0.4, -0.2) is 38.6 Å². The molecule has 0 fully saturated rings. The van der Waals surface area contributed by atoms with Gasteiger partial charge in [-0.25, -0.2) is 0 Å². The zero-order chi connectivity index (χ0) is 16.8. The minimum Gasteiger partial charge on any atom is -0.365 e. The van der Waals surface area contributed by atoms with Crippen LogP contribution in [0.3, 0.4) is 0 Å². The van der Waals surface area contributed by atoms with Crippen molar-refractivity contribution in [1.29, 1.82) is 0 Å². The van der Waals surface area contributed by atoms with Gasteiger partial charge in [0.25, 0.3) is 5.78 Å². The van der Waals surface area contributed by atoms with Gasteiger partial charge in [0.15, 0.2) is 0 Å². The largest absolute Gasteiger partial charge is 0.365 e. The number of anilines is 1. The fourth-order valence-corrected chi connectivity index (χ4v) is 4.85. The Bertz CT molecular complexity index is 1050. The summed E-state index contributed by atoms with van der Waals surface area (Å²) in [4.78, 5) is 8.74. The van der Waals surface area contributed by atoms with E-state index in [2.05, 4.69) is 52.2 Å². The average molecular weight is 352 g/mol. The van der Waals surface area contributed by atoms with Gasteiger partial charge in [-0.05, 0) is 21.6 Å². The maximum Gasteiger partial charge on any atom is 0.276 e. The number of hydrogen-bond acceptors (Lipinski definition) is 6. The van der Waals surface area contributed by atoms with Gasteiger partial charge in [-0.3, -0.25) is 0 Å². The molecule has 126 valence electrons. The van der Waals surface area contributed by atoms with Gasteiger partial charge in [0.2, 0.25) is 0 Å². The molecule has 5 rings (SSSR count). The number of likely N-dealkylation sites (N-methyl/N-ethyl adjacent to an activating group) is 1. The van der Waals surface area contributed by atoms with Crippen LogP contribution in [0.4, 0.5) is 5.82 Å². The first-order valence-electron chi connectivity index (χ1n) is 8.41. The summed E-state index contributed by atoms with van der Waals surface area (Å²) in [6.45, 7) is 2.93. The molecule has 4 aromatic rings. The number of nitrogens with one attached hydrogen (secondary N) is 2. The summed E-state index contributed by atoms with van der Waals surface area (Å²) in [5.74, 6) is 1.43. The lowest BCUT2D eigenvalue weighted by atomic mass is 10.1. The molecule has 1 atom stereocenters. The Balaban J connectivity index is 1.65. The first-order valence-corrected chi connectivity index (χ1v) is 9.22. The van der Waals surface area contributed by atoms with E-state index in [1.807, 2.05) is 6.07 Å². The minimum atomic E-state index is 0.544. The second-order valence-electron chi connectivity index (χ2n) is 6.51. The van der Waals surface area contributed by atoms with Crippen LogP contribution in [0.1, 0.15) is 16.0 Å². The number of hydrogen-bond donors (Lipinski definition) is 2. The molecule has 25 heavy (non-hydrogen) atoms. The monoisotopic (exact) mass is 352 g/mol. The molecule has 3 aromatic heterocycles. The van der Waals surface area contributed by atoms with Crippen molar-refractivity contribution in [2.45, 2.75) is 19.5 Å². The number of tetrazole rings is 1. The van der Waals surface area contributed by atoms with E-state index in [0.717, 1.165) is 36.7 Å². The summed E-state index contributed by atoms with van der Waals surface area (Å²) in [5.41, 5.74) is 2.64. The van der Waals surface area contributed by atoms with E-state index < -0.39 is 0 Å². The minimum absolute atomic E-state index is 0.544. The quantitative estimate of drug-likeness (QED) is 0.574. The normalized spacial score (nSPS) is 17.1. The van der Waals surface area contributed by atoms with Crippen molar-refractivity contribution in [3.63, 3.8) is 0 Å². The summed E-state index contributed by atoms with van der Waals surface area (Å²) in [6.07, 6.45) is 1.07. The van der Waals surface area contributed by atoms with Crippen molar-refractivity contribution in [3.8, 4) is 0 Å². The lowest BCUT2D eigenvalue weighted by Gasteiger charge is -2.19. The summed E-state index contributed by atoms with van der Waals surface area (Å²) >= 11 is 1.79. The summed E-state index contributed by atoms with van der Waals surface area (Å²) < 4.78 is 1.77. The maximum absolute atomic E-state index is 4.69. The first-order chi connectivity index (χ1) is 12.3. The van der Waals surface area contributed by atoms with Crippen molar-refractivity contribution in [2.24, 2.45) is 0 Å². The molecule has 0 saturated heterocycles. The Kier molecular flexibility index (Phi) is 3.39. The molecule has 2 N–H and O–H groups in total. The van der Waals surface area contributed by atoms with Crippen LogP contribution in [0, 0.1) is 0 Å². The van der Waals surface area contributed by atoms with Crippen LogP contribution in [0.2, 0.25) is 0 Å². The molecule has 1 aliphatic heterocycles. The number of benzene rings is 1. The summed E-state index contributed by atoms with van der Waals surface area (Å²) in [6, 6.07) is 10.4. The fraction of sp³-hybridized carbons (Fsp3) is 0.294. The highest BCUT2D eigenvalue weighted by Gasteiger charge is 2.26.